The second kappa shape index (κ2) is 6.55. The van der Waals surface area contributed by atoms with Gasteiger partial charge in [0, 0.05) is 10.8 Å². The Balaban J connectivity index is 1.94. The average Bonchev–Trinajstić information content (AvgIpc) is 2.56. The molecule has 132 valence electrons. The van der Waals surface area contributed by atoms with E-state index in [2.05, 4.69) is 39.8 Å². The summed E-state index contributed by atoms with van der Waals surface area (Å²) in [5.74, 6) is 0.672. The van der Waals surface area contributed by atoms with Crippen molar-refractivity contribution in [1.82, 2.24) is 4.73 Å². The Bertz CT molecular complexity index is 963. The first-order valence-electron chi connectivity index (χ1n) is 9.06. The minimum Gasteiger partial charge on any atom is -0.428 e. The van der Waals surface area contributed by atoms with Gasteiger partial charge in [-0.05, 0) is 54.4 Å². The van der Waals surface area contributed by atoms with Crippen LogP contribution in [0.3, 0.4) is 0 Å². The predicted octanol–water partition coefficient (Wildman–Crippen LogP) is 5.52. The normalized spacial score (nSPS) is 13.4. The maximum atomic E-state index is 10.5. The smallest absolute Gasteiger partial charge is 0.0894 e. The third-order valence-corrected chi connectivity index (χ3v) is 4.85. The van der Waals surface area contributed by atoms with Crippen molar-refractivity contribution in [3.63, 3.8) is 0 Å². The molecule has 3 nitrogen and oxygen atoms in total. The standard InChI is InChI=1S/C22H28N2O/c1-15(14-22(2,3)4)9-10-16-11-12-20-18(13-16)21(23)17-7-5-6-8-19(17)24(20)25/h5-8,11-13,15,23,25H,9-10,14H2,1-4H3/t15-/m0/s1. The molecule has 1 atom stereocenters. The fourth-order valence-corrected chi connectivity index (χ4v) is 3.83. The molecule has 0 aliphatic carbocycles. The molecule has 1 aromatic heterocycles. The van der Waals surface area contributed by atoms with Crippen LogP contribution < -0.4 is 5.36 Å². The molecule has 3 rings (SSSR count). The van der Waals surface area contributed by atoms with Crippen LogP contribution in [0.4, 0.5) is 0 Å². The minimum atomic E-state index is 0.360. The Kier molecular flexibility index (Phi) is 4.59. The van der Waals surface area contributed by atoms with E-state index in [1.165, 1.54) is 16.7 Å². The molecule has 0 spiro atoms. The molecule has 0 amide bonds. The van der Waals surface area contributed by atoms with E-state index in [1.54, 1.807) is 0 Å². The number of aryl methyl sites for hydroxylation is 1. The van der Waals surface area contributed by atoms with Crippen LogP contribution in [0.15, 0.2) is 42.5 Å². The average molecular weight is 336 g/mol. The fraction of sp³-hybridized carbons (Fsp3) is 0.409. The van der Waals surface area contributed by atoms with E-state index < -0.39 is 0 Å². The highest BCUT2D eigenvalue weighted by atomic mass is 16.5. The van der Waals surface area contributed by atoms with Gasteiger partial charge in [0.2, 0.25) is 0 Å². The summed E-state index contributed by atoms with van der Waals surface area (Å²) in [5.41, 5.74) is 2.96. The zero-order chi connectivity index (χ0) is 18.2. The molecule has 0 saturated heterocycles. The van der Waals surface area contributed by atoms with Gasteiger partial charge in [0.05, 0.1) is 16.4 Å². The molecule has 1 heterocycles. The maximum absolute atomic E-state index is 10.5. The molecule has 25 heavy (non-hydrogen) atoms. The zero-order valence-electron chi connectivity index (χ0n) is 15.6. The zero-order valence-corrected chi connectivity index (χ0v) is 15.6. The summed E-state index contributed by atoms with van der Waals surface area (Å²) < 4.78 is 1.20. The van der Waals surface area contributed by atoms with Crippen LogP contribution in [0.1, 0.15) is 46.1 Å². The molecule has 2 N–H and O–H groups in total. The van der Waals surface area contributed by atoms with Crippen LogP contribution in [-0.4, -0.2) is 9.94 Å². The lowest BCUT2D eigenvalue weighted by Gasteiger charge is -2.23. The first-order chi connectivity index (χ1) is 11.8. The molecule has 0 bridgehead atoms. The summed E-state index contributed by atoms with van der Waals surface area (Å²) in [5, 5.41) is 21.1. The second-order valence-corrected chi connectivity index (χ2v) is 8.46. The monoisotopic (exact) mass is 336 g/mol. The lowest BCUT2D eigenvalue weighted by molar-refractivity contribution is 0.211. The van der Waals surface area contributed by atoms with E-state index in [9.17, 15) is 5.21 Å². The van der Waals surface area contributed by atoms with Crippen molar-refractivity contribution >= 4 is 21.8 Å². The Morgan fingerprint density at radius 2 is 1.72 bits per heavy atom. The summed E-state index contributed by atoms with van der Waals surface area (Å²) in [6, 6.07) is 13.6. The molecule has 0 aliphatic heterocycles. The summed E-state index contributed by atoms with van der Waals surface area (Å²) >= 11 is 0. The number of para-hydroxylation sites is 1. The van der Waals surface area contributed by atoms with Gasteiger partial charge < -0.3 is 5.21 Å². The number of nitrogens with one attached hydrogen (secondary N) is 1. The number of rotatable bonds is 4. The van der Waals surface area contributed by atoms with Gasteiger partial charge in [0.1, 0.15) is 0 Å². The van der Waals surface area contributed by atoms with Gasteiger partial charge in [-0.2, -0.15) is 4.73 Å². The van der Waals surface area contributed by atoms with Crippen LogP contribution in [-0.2, 0) is 6.42 Å². The highest BCUT2D eigenvalue weighted by Gasteiger charge is 2.15. The molecule has 0 fully saturated rings. The summed E-state index contributed by atoms with van der Waals surface area (Å²) in [7, 11) is 0. The molecular formula is C22H28N2O. The molecule has 0 radical (unpaired) electrons. The Labute approximate surface area is 149 Å². The third kappa shape index (κ3) is 3.71. The molecule has 0 unspecified atom stereocenters. The number of aromatic nitrogens is 1. The molecule has 0 aliphatic rings. The minimum absolute atomic E-state index is 0.360. The quantitative estimate of drug-likeness (QED) is 0.478. The maximum Gasteiger partial charge on any atom is 0.0894 e. The molecule has 3 aromatic rings. The van der Waals surface area contributed by atoms with E-state index >= 15 is 0 Å². The van der Waals surface area contributed by atoms with Crippen LogP contribution in [0.5, 0.6) is 0 Å². The van der Waals surface area contributed by atoms with Gasteiger partial charge in [-0.25, -0.2) is 0 Å². The second-order valence-electron chi connectivity index (χ2n) is 8.46. The number of pyridine rings is 1. The number of hydrogen-bond acceptors (Lipinski definition) is 2. The van der Waals surface area contributed by atoms with E-state index in [0.717, 1.165) is 23.6 Å². The van der Waals surface area contributed by atoms with Crippen molar-refractivity contribution in [2.45, 2.75) is 47.0 Å². The van der Waals surface area contributed by atoms with Crippen molar-refractivity contribution < 1.29 is 5.21 Å². The molecule has 0 saturated carbocycles. The van der Waals surface area contributed by atoms with Crippen molar-refractivity contribution in [2.24, 2.45) is 11.3 Å². The van der Waals surface area contributed by atoms with Crippen LogP contribution >= 0.6 is 0 Å². The van der Waals surface area contributed by atoms with Crippen molar-refractivity contribution in [1.29, 1.82) is 5.41 Å². The van der Waals surface area contributed by atoms with Crippen molar-refractivity contribution in [3.05, 3.63) is 53.4 Å². The summed E-state index contributed by atoms with van der Waals surface area (Å²) in [6.07, 6.45) is 3.36. The number of benzene rings is 2. The largest absolute Gasteiger partial charge is 0.428 e. The SMILES string of the molecule is C[C@@H](CCc1ccc2c(c1)c(=N)c1ccccc1n2O)CC(C)(C)C. The first kappa shape index (κ1) is 17.5. The Morgan fingerprint density at radius 1 is 1.04 bits per heavy atom. The molecule has 2 aromatic carbocycles. The van der Waals surface area contributed by atoms with Crippen molar-refractivity contribution in [2.75, 3.05) is 0 Å². The predicted molar refractivity (Wildman–Crippen MR) is 104 cm³/mol. The Morgan fingerprint density at radius 3 is 2.44 bits per heavy atom. The number of fused-ring (bicyclic) bond motifs is 2. The van der Waals surface area contributed by atoms with Crippen LogP contribution in [0.25, 0.3) is 21.8 Å². The number of hydrogen-bond donors (Lipinski definition) is 2. The third-order valence-electron chi connectivity index (χ3n) is 4.85. The highest BCUT2D eigenvalue weighted by Crippen LogP contribution is 2.27. The van der Waals surface area contributed by atoms with E-state index in [1.807, 2.05) is 30.3 Å². The molecular weight excluding hydrogens is 308 g/mol. The van der Waals surface area contributed by atoms with Crippen LogP contribution in [0.2, 0.25) is 0 Å². The van der Waals surface area contributed by atoms with E-state index in [4.69, 9.17) is 5.41 Å². The lowest BCUT2D eigenvalue weighted by Crippen LogP contribution is -2.12. The van der Waals surface area contributed by atoms with E-state index in [0.29, 0.717) is 27.7 Å². The van der Waals surface area contributed by atoms with E-state index in [-0.39, 0.29) is 0 Å². The van der Waals surface area contributed by atoms with Gasteiger partial charge in [-0.1, -0.05) is 52.0 Å². The van der Waals surface area contributed by atoms with Gasteiger partial charge >= 0.3 is 0 Å². The summed E-state index contributed by atoms with van der Waals surface area (Å²) in [4.78, 5) is 0. The van der Waals surface area contributed by atoms with Crippen LogP contribution in [0, 0.1) is 16.7 Å². The summed E-state index contributed by atoms with van der Waals surface area (Å²) in [6.45, 7) is 9.18. The van der Waals surface area contributed by atoms with Gasteiger partial charge in [-0.15, -0.1) is 0 Å². The lowest BCUT2D eigenvalue weighted by atomic mass is 9.83. The Hall–Kier alpha value is -2.29. The van der Waals surface area contributed by atoms with Crippen molar-refractivity contribution in [3.8, 4) is 0 Å². The van der Waals surface area contributed by atoms with Gasteiger partial charge in [0.15, 0.2) is 0 Å². The number of nitrogens with zero attached hydrogens (tertiary/aromatic N) is 1. The fourth-order valence-electron chi connectivity index (χ4n) is 3.83. The van der Waals surface area contributed by atoms with Gasteiger partial charge in [0.25, 0.3) is 0 Å². The van der Waals surface area contributed by atoms with Gasteiger partial charge in [-0.3, -0.25) is 5.41 Å². The first-order valence-corrected chi connectivity index (χ1v) is 9.06. The highest BCUT2D eigenvalue weighted by molar-refractivity contribution is 5.92. The molecule has 3 heteroatoms. The topological polar surface area (TPSA) is 49.0 Å².